The maximum atomic E-state index is 13.1. The van der Waals surface area contributed by atoms with Crippen LogP contribution in [0.2, 0.25) is 0 Å². The number of unbranched alkanes of at least 4 members (excludes halogenated alkanes) is 5. The van der Waals surface area contributed by atoms with Gasteiger partial charge in [-0.3, -0.25) is 14.4 Å². The number of likely N-dealkylation sites (tertiary alicyclic amines) is 1. The fourth-order valence-corrected chi connectivity index (χ4v) is 5.52. The number of aryl methyl sites for hydroxylation is 2. The SMILES string of the molecule is Cc1c2ccc(C(=O)Nc3cc4[nH]c([C@H]5CCCN5C)cc4cn3)cc2nn1CCCCCCCCN.O=C(O)C(F)(F)F.O=C(O)C(F)(F)F. The summed E-state index contributed by atoms with van der Waals surface area (Å²) in [7, 11) is 2.17. The van der Waals surface area contributed by atoms with Crippen molar-refractivity contribution in [3.8, 4) is 0 Å². The average Bonchev–Trinajstić information content (AvgIpc) is 3.76. The number of nitrogens with one attached hydrogen (secondary N) is 2. The quantitative estimate of drug-likeness (QED) is 0.0820. The molecule has 1 aliphatic rings. The predicted molar refractivity (Wildman–Crippen MR) is 177 cm³/mol. The standard InChI is InChI=1S/C29H39N7O.2C2HF3O2/c1-20-23-12-11-21(16-25(23)34-36(20)15-8-6-4-3-5-7-13-30)29(37)33-28-18-24-22(19-31-28)17-26(32-24)27-10-9-14-35(27)2;2*3-2(4,5)1(6)7/h11-12,16-19,27,32H,3-10,13-15,30H2,1-2H3,(H,31,33,37);2*(H,6,7)/t27-;;/m1../s1. The number of carboxylic acids is 2. The molecule has 1 fully saturated rings. The number of hydrogen-bond acceptors (Lipinski definition) is 7. The number of aromatic nitrogens is 4. The van der Waals surface area contributed by atoms with Crippen LogP contribution in [0.1, 0.15) is 79.2 Å². The number of halogens is 6. The molecule has 5 rings (SSSR count). The summed E-state index contributed by atoms with van der Waals surface area (Å²) in [4.78, 5) is 41.2. The molecule has 1 atom stereocenters. The largest absolute Gasteiger partial charge is 0.490 e. The van der Waals surface area contributed by atoms with Crippen molar-refractivity contribution in [1.82, 2.24) is 24.6 Å². The molecule has 3 aromatic heterocycles. The lowest BCUT2D eigenvalue weighted by Gasteiger charge is -2.17. The Morgan fingerprint density at radius 2 is 1.57 bits per heavy atom. The van der Waals surface area contributed by atoms with Crippen LogP contribution in [0.4, 0.5) is 32.2 Å². The number of hydrogen-bond donors (Lipinski definition) is 5. The summed E-state index contributed by atoms with van der Waals surface area (Å²) >= 11 is 0. The van der Waals surface area contributed by atoms with Crippen molar-refractivity contribution in [2.75, 3.05) is 25.5 Å². The Labute approximate surface area is 289 Å². The Morgan fingerprint density at radius 3 is 2.14 bits per heavy atom. The molecule has 1 saturated heterocycles. The van der Waals surface area contributed by atoms with Gasteiger partial charge in [-0.25, -0.2) is 14.6 Å². The van der Waals surface area contributed by atoms with Crippen LogP contribution in [0.25, 0.3) is 21.8 Å². The molecule has 1 amide bonds. The van der Waals surface area contributed by atoms with E-state index in [1.807, 2.05) is 30.5 Å². The lowest BCUT2D eigenvalue weighted by molar-refractivity contribution is -0.193. The Bertz CT molecular complexity index is 1760. The number of nitrogens with two attached hydrogens (primary N) is 1. The Hall–Kier alpha value is -4.71. The van der Waals surface area contributed by atoms with Gasteiger partial charge in [-0.1, -0.05) is 31.7 Å². The van der Waals surface area contributed by atoms with Crippen LogP contribution < -0.4 is 11.1 Å². The number of benzene rings is 1. The number of rotatable bonds is 11. The van der Waals surface area contributed by atoms with E-state index in [2.05, 4.69) is 44.9 Å². The highest BCUT2D eigenvalue weighted by atomic mass is 19.4. The zero-order valence-corrected chi connectivity index (χ0v) is 28.1. The van der Waals surface area contributed by atoms with Crippen molar-refractivity contribution in [2.24, 2.45) is 5.73 Å². The molecule has 4 heterocycles. The van der Waals surface area contributed by atoms with Crippen molar-refractivity contribution >= 4 is 45.5 Å². The molecule has 0 radical (unpaired) electrons. The second-order valence-electron chi connectivity index (χ2n) is 12.0. The van der Waals surface area contributed by atoms with E-state index < -0.39 is 24.3 Å². The van der Waals surface area contributed by atoms with E-state index in [1.165, 1.54) is 37.8 Å². The summed E-state index contributed by atoms with van der Waals surface area (Å²) in [5.74, 6) is -5.15. The number of alkyl halides is 6. The summed E-state index contributed by atoms with van der Waals surface area (Å²) in [6, 6.07) is 10.3. The van der Waals surface area contributed by atoms with E-state index in [9.17, 15) is 31.1 Å². The molecule has 1 aliphatic heterocycles. The highest BCUT2D eigenvalue weighted by molar-refractivity contribution is 6.06. The molecule has 18 heteroatoms. The van der Waals surface area contributed by atoms with Gasteiger partial charge in [-0.2, -0.15) is 31.4 Å². The van der Waals surface area contributed by atoms with Gasteiger partial charge >= 0.3 is 24.3 Å². The first-order valence-corrected chi connectivity index (χ1v) is 16.2. The number of carboxylic acid groups (broad SMARTS) is 2. The Balaban J connectivity index is 0.000000424. The maximum absolute atomic E-state index is 13.1. The van der Waals surface area contributed by atoms with Gasteiger partial charge in [0.2, 0.25) is 0 Å². The molecule has 0 unspecified atom stereocenters. The van der Waals surface area contributed by atoms with Crippen LogP contribution in [-0.2, 0) is 16.1 Å². The summed E-state index contributed by atoms with van der Waals surface area (Å²) in [5.41, 5.74) is 10.4. The summed E-state index contributed by atoms with van der Waals surface area (Å²) in [6.07, 6.45) is 1.18. The van der Waals surface area contributed by atoms with Crippen LogP contribution in [0, 0.1) is 6.92 Å². The predicted octanol–water partition coefficient (Wildman–Crippen LogP) is 6.81. The number of carbonyl (C=O) groups is 3. The van der Waals surface area contributed by atoms with Crippen LogP contribution in [0.15, 0.2) is 36.5 Å². The van der Waals surface area contributed by atoms with E-state index in [0.717, 1.165) is 66.4 Å². The van der Waals surface area contributed by atoms with Gasteiger partial charge < -0.3 is 26.2 Å². The van der Waals surface area contributed by atoms with Crippen molar-refractivity contribution in [3.63, 3.8) is 0 Å². The number of carbonyl (C=O) groups excluding carboxylic acids is 1. The second-order valence-corrected chi connectivity index (χ2v) is 12.0. The first-order valence-electron chi connectivity index (χ1n) is 16.2. The smallest absolute Gasteiger partial charge is 0.475 e. The molecule has 0 bridgehead atoms. The van der Waals surface area contributed by atoms with Gasteiger partial charge in [0, 0.05) is 52.6 Å². The first-order chi connectivity index (χ1) is 23.9. The minimum atomic E-state index is -5.08. The molecule has 0 spiro atoms. The van der Waals surface area contributed by atoms with Crippen molar-refractivity contribution in [1.29, 1.82) is 0 Å². The summed E-state index contributed by atoms with van der Waals surface area (Å²) in [5, 5.41) is 24.2. The monoisotopic (exact) mass is 729 g/mol. The van der Waals surface area contributed by atoms with Crippen LogP contribution in [-0.4, -0.2) is 85.2 Å². The minimum Gasteiger partial charge on any atom is -0.475 e. The number of aliphatic carboxylic acids is 2. The molecule has 12 nitrogen and oxygen atoms in total. The van der Waals surface area contributed by atoms with Gasteiger partial charge in [0.1, 0.15) is 5.82 Å². The number of amides is 1. The Morgan fingerprint density at radius 1 is 0.961 bits per heavy atom. The highest BCUT2D eigenvalue weighted by Crippen LogP contribution is 2.32. The average molecular weight is 730 g/mol. The molecule has 6 N–H and O–H groups in total. The van der Waals surface area contributed by atoms with Crippen LogP contribution in [0.3, 0.4) is 0 Å². The van der Waals surface area contributed by atoms with Crippen LogP contribution in [0.5, 0.6) is 0 Å². The molecule has 4 aromatic rings. The normalized spacial score (nSPS) is 14.9. The van der Waals surface area contributed by atoms with Gasteiger partial charge in [0.15, 0.2) is 0 Å². The fourth-order valence-electron chi connectivity index (χ4n) is 5.52. The summed E-state index contributed by atoms with van der Waals surface area (Å²) in [6.45, 7) is 4.91. The summed E-state index contributed by atoms with van der Waals surface area (Å²) < 4.78 is 65.5. The van der Waals surface area contributed by atoms with E-state index in [-0.39, 0.29) is 5.91 Å². The van der Waals surface area contributed by atoms with Crippen molar-refractivity contribution < 1.29 is 50.9 Å². The number of pyridine rings is 1. The lowest BCUT2D eigenvalue weighted by Crippen LogP contribution is -2.21. The molecule has 0 aliphatic carbocycles. The van der Waals surface area contributed by atoms with Gasteiger partial charge in [0.25, 0.3) is 5.91 Å². The zero-order chi connectivity index (χ0) is 37.9. The number of anilines is 1. The Kier molecular flexibility index (Phi) is 14.4. The van der Waals surface area contributed by atoms with Crippen LogP contribution >= 0.6 is 0 Å². The third kappa shape index (κ3) is 11.9. The molecular formula is C33H41F6N7O5. The maximum Gasteiger partial charge on any atom is 0.490 e. The van der Waals surface area contributed by atoms with E-state index >= 15 is 0 Å². The molecule has 0 saturated carbocycles. The number of aromatic amines is 1. The van der Waals surface area contributed by atoms with Gasteiger partial charge in [-0.05, 0) is 70.9 Å². The van der Waals surface area contributed by atoms with Crippen molar-refractivity contribution in [3.05, 3.63) is 53.5 Å². The number of H-pyrrole nitrogens is 1. The molecular weight excluding hydrogens is 688 g/mol. The van der Waals surface area contributed by atoms with Gasteiger partial charge in [-0.15, -0.1) is 0 Å². The molecule has 1 aromatic carbocycles. The topological polar surface area (TPSA) is 179 Å². The van der Waals surface area contributed by atoms with E-state index in [4.69, 9.17) is 30.6 Å². The van der Waals surface area contributed by atoms with E-state index in [0.29, 0.717) is 17.4 Å². The highest BCUT2D eigenvalue weighted by Gasteiger charge is 2.39. The third-order valence-electron chi connectivity index (χ3n) is 8.22. The molecule has 51 heavy (non-hydrogen) atoms. The first kappa shape index (κ1) is 40.7. The van der Waals surface area contributed by atoms with Gasteiger partial charge in [0.05, 0.1) is 11.0 Å². The van der Waals surface area contributed by atoms with Crippen molar-refractivity contribution in [2.45, 2.75) is 83.2 Å². The third-order valence-corrected chi connectivity index (χ3v) is 8.22. The lowest BCUT2D eigenvalue weighted by atomic mass is 10.1. The number of fused-ring (bicyclic) bond motifs is 2. The zero-order valence-electron chi connectivity index (χ0n) is 28.1. The molecule has 280 valence electrons. The second kappa shape index (κ2) is 18.0. The van der Waals surface area contributed by atoms with E-state index in [1.54, 1.807) is 0 Å². The minimum absolute atomic E-state index is 0.180. The number of nitrogens with zero attached hydrogens (tertiary/aromatic N) is 4. The fraction of sp³-hybridized carbons (Fsp3) is 0.485.